The van der Waals surface area contributed by atoms with Crippen molar-refractivity contribution in [3.05, 3.63) is 29.6 Å². The number of hydrogen-bond acceptors (Lipinski definition) is 4. The molecule has 1 N–H and O–H groups in total. The number of nitrogens with one attached hydrogen (secondary N) is 1. The number of carbonyl (C=O) groups excluding carboxylic acids is 2. The van der Waals surface area contributed by atoms with Crippen molar-refractivity contribution in [3.63, 3.8) is 0 Å². The van der Waals surface area contributed by atoms with Gasteiger partial charge < -0.3 is 19.9 Å². The summed E-state index contributed by atoms with van der Waals surface area (Å²) in [6.45, 7) is 9.29. The summed E-state index contributed by atoms with van der Waals surface area (Å²) in [4.78, 5) is 26.6. The van der Waals surface area contributed by atoms with Gasteiger partial charge in [-0.3, -0.25) is 4.79 Å². The molecule has 1 aliphatic rings. The quantitative estimate of drug-likeness (QED) is 0.909. The number of rotatable bonds is 3. The number of benzene rings is 1. The number of anilines is 1. The van der Waals surface area contributed by atoms with Crippen LogP contribution in [0.15, 0.2) is 18.2 Å². The molecule has 138 valence electrons. The molecule has 0 radical (unpaired) electrons. The molecule has 1 aromatic rings. The van der Waals surface area contributed by atoms with Crippen molar-refractivity contribution < 1.29 is 18.7 Å². The van der Waals surface area contributed by atoms with Gasteiger partial charge in [-0.25, -0.2) is 9.18 Å². The van der Waals surface area contributed by atoms with E-state index in [1.54, 1.807) is 17.0 Å². The maximum atomic E-state index is 14.4. The van der Waals surface area contributed by atoms with E-state index in [1.807, 2.05) is 25.7 Å². The van der Waals surface area contributed by atoms with Gasteiger partial charge in [0.25, 0.3) is 0 Å². The summed E-state index contributed by atoms with van der Waals surface area (Å²) in [5.74, 6) is -0.476. The highest BCUT2D eigenvalue weighted by Gasteiger charge is 2.26. The molecule has 0 saturated carbocycles. The molecule has 25 heavy (non-hydrogen) atoms. The Morgan fingerprint density at radius 3 is 2.36 bits per heavy atom. The molecule has 0 bridgehead atoms. The predicted molar refractivity (Wildman–Crippen MR) is 93.9 cm³/mol. The fourth-order valence-corrected chi connectivity index (χ4v) is 2.60. The Balaban J connectivity index is 1.94. The molecule has 1 saturated heterocycles. The zero-order chi connectivity index (χ0) is 18.6. The maximum Gasteiger partial charge on any atom is 0.410 e. The van der Waals surface area contributed by atoms with Crippen LogP contribution in [0.2, 0.25) is 0 Å². The second-order valence-electron chi connectivity index (χ2n) is 7.15. The van der Waals surface area contributed by atoms with Gasteiger partial charge in [-0.1, -0.05) is 6.07 Å². The highest BCUT2D eigenvalue weighted by Crippen LogP contribution is 2.22. The molecule has 1 aliphatic heterocycles. The molecule has 0 unspecified atom stereocenters. The number of ether oxygens (including phenoxy) is 1. The van der Waals surface area contributed by atoms with Crippen LogP contribution in [0.3, 0.4) is 0 Å². The Morgan fingerprint density at radius 2 is 1.84 bits per heavy atom. The van der Waals surface area contributed by atoms with Crippen molar-refractivity contribution in [2.75, 3.05) is 31.1 Å². The first-order chi connectivity index (χ1) is 11.7. The van der Waals surface area contributed by atoms with Gasteiger partial charge in [-0.15, -0.1) is 0 Å². The normalized spacial score (nSPS) is 15.1. The molecule has 6 nitrogen and oxygen atoms in total. The Labute approximate surface area is 147 Å². The van der Waals surface area contributed by atoms with Crippen LogP contribution < -0.4 is 10.2 Å². The topological polar surface area (TPSA) is 61.9 Å². The molecule has 1 aromatic carbocycles. The van der Waals surface area contributed by atoms with Crippen molar-refractivity contribution in [1.29, 1.82) is 0 Å². The molecule has 2 amide bonds. The van der Waals surface area contributed by atoms with E-state index in [1.165, 1.54) is 13.0 Å². The lowest BCUT2D eigenvalue weighted by molar-refractivity contribution is -0.119. The van der Waals surface area contributed by atoms with Crippen LogP contribution in [-0.2, 0) is 16.1 Å². The molecule has 0 atom stereocenters. The van der Waals surface area contributed by atoms with Crippen molar-refractivity contribution in [3.8, 4) is 0 Å². The predicted octanol–water partition coefficient (Wildman–Crippen LogP) is 2.52. The Bertz CT molecular complexity index is 635. The minimum absolute atomic E-state index is 0.150. The van der Waals surface area contributed by atoms with Crippen LogP contribution in [-0.4, -0.2) is 48.7 Å². The van der Waals surface area contributed by atoms with E-state index >= 15 is 0 Å². The van der Waals surface area contributed by atoms with Crippen molar-refractivity contribution in [2.24, 2.45) is 0 Å². The number of hydrogen-bond donors (Lipinski definition) is 1. The lowest BCUT2D eigenvalue weighted by Gasteiger charge is -2.36. The second kappa shape index (κ2) is 7.72. The first kappa shape index (κ1) is 19.0. The third-order valence-corrected chi connectivity index (χ3v) is 3.83. The van der Waals surface area contributed by atoms with E-state index < -0.39 is 5.60 Å². The summed E-state index contributed by atoms with van der Waals surface area (Å²) in [5, 5.41) is 2.65. The molecule has 1 fully saturated rings. The monoisotopic (exact) mass is 351 g/mol. The van der Waals surface area contributed by atoms with Gasteiger partial charge in [0.05, 0.1) is 5.69 Å². The highest BCUT2D eigenvalue weighted by molar-refractivity contribution is 5.72. The summed E-state index contributed by atoms with van der Waals surface area (Å²) >= 11 is 0. The molecule has 0 aliphatic carbocycles. The van der Waals surface area contributed by atoms with Crippen LogP contribution in [0, 0.1) is 5.82 Å². The van der Waals surface area contributed by atoms with Crippen LogP contribution in [0.25, 0.3) is 0 Å². The number of halogens is 1. The van der Waals surface area contributed by atoms with Crippen LogP contribution in [0.4, 0.5) is 14.9 Å². The third-order valence-electron chi connectivity index (χ3n) is 3.83. The standard InChI is InChI=1S/C18H26FN3O3/c1-13(23)20-12-14-5-6-16(15(19)11-14)21-7-9-22(10-8-21)17(24)25-18(2,3)4/h5-6,11H,7-10,12H2,1-4H3,(H,20,23). The van der Waals surface area contributed by atoms with Gasteiger partial charge >= 0.3 is 6.09 Å². The van der Waals surface area contributed by atoms with E-state index in [0.29, 0.717) is 44.0 Å². The van der Waals surface area contributed by atoms with E-state index in [9.17, 15) is 14.0 Å². The van der Waals surface area contributed by atoms with Crippen LogP contribution in [0.5, 0.6) is 0 Å². The van der Waals surface area contributed by atoms with Gasteiger partial charge in [0, 0.05) is 39.6 Å². The van der Waals surface area contributed by atoms with E-state index in [-0.39, 0.29) is 17.8 Å². The molecule has 0 spiro atoms. The summed E-state index contributed by atoms with van der Waals surface area (Å²) in [6.07, 6.45) is -0.335. The van der Waals surface area contributed by atoms with E-state index in [4.69, 9.17) is 4.74 Å². The van der Waals surface area contributed by atoms with Gasteiger partial charge in [-0.05, 0) is 38.5 Å². The fraction of sp³-hybridized carbons (Fsp3) is 0.556. The summed E-state index contributed by atoms with van der Waals surface area (Å²) in [5.41, 5.74) is 0.698. The molecular weight excluding hydrogens is 325 g/mol. The minimum Gasteiger partial charge on any atom is -0.444 e. The maximum absolute atomic E-state index is 14.4. The number of amides is 2. The summed E-state index contributed by atoms with van der Waals surface area (Å²) in [6, 6.07) is 4.95. The van der Waals surface area contributed by atoms with Crippen LogP contribution >= 0.6 is 0 Å². The van der Waals surface area contributed by atoms with Crippen molar-refractivity contribution in [2.45, 2.75) is 39.8 Å². The van der Waals surface area contributed by atoms with Crippen molar-refractivity contribution in [1.82, 2.24) is 10.2 Å². The number of piperazine rings is 1. The zero-order valence-corrected chi connectivity index (χ0v) is 15.3. The average Bonchev–Trinajstić information content (AvgIpc) is 2.51. The molecule has 0 aromatic heterocycles. The SMILES string of the molecule is CC(=O)NCc1ccc(N2CCN(C(=O)OC(C)(C)C)CC2)c(F)c1. The molecular formula is C18H26FN3O3. The summed E-state index contributed by atoms with van der Waals surface area (Å²) in [7, 11) is 0. The minimum atomic E-state index is -0.524. The Kier molecular flexibility index (Phi) is 5.87. The van der Waals surface area contributed by atoms with Gasteiger partial charge in [0.15, 0.2) is 0 Å². The second-order valence-corrected chi connectivity index (χ2v) is 7.15. The largest absolute Gasteiger partial charge is 0.444 e. The Hall–Kier alpha value is -2.31. The summed E-state index contributed by atoms with van der Waals surface area (Å²) < 4.78 is 19.7. The average molecular weight is 351 g/mol. The Morgan fingerprint density at radius 1 is 1.20 bits per heavy atom. The zero-order valence-electron chi connectivity index (χ0n) is 15.3. The fourth-order valence-electron chi connectivity index (χ4n) is 2.60. The van der Waals surface area contributed by atoms with Crippen molar-refractivity contribution >= 4 is 17.7 Å². The van der Waals surface area contributed by atoms with E-state index in [0.717, 1.165) is 0 Å². The van der Waals surface area contributed by atoms with Gasteiger partial charge in [0.1, 0.15) is 11.4 Å². The molecule has 1 heterocycles. The van der Waals surface area contributed by atoms with E-state index in [2.05, 4.69) is 5.32 Å². The van der Waals surface area contributed by atoms with Gasteiger partial charge in [-0.2, -0.15) is 0 Å². The highest BCUT2D eigenvalue weighted by atomic mass is 19.1. The number of carbonyl (C=O) groups is 2. The lowest BCUT2D eigenvalue weighted by Crippen LogP contribution is -2.50. The molecule has 2 rings (SSSR count). The lowest BCUT2D eigenvalue weighted by atomic mass is 10.1. The number of nitrogens with zero attached hydrogens (tertiary/aromatic N) is 2. The molecule has 7 heteroatoms. The smallest absolute Gasteiger partial charge is 0.410 e. The first-order valence-electron chi connectivity index (χ1n) is 8.41. The van der Waals surface area contributed by atoms with Gasteiger partial charge in [0.2, 0.25) is 5.91 Å². The first-order valence-corrected chi connectivity index (χ1v) is 8.41. The third kappa shape index (κ3) is 5.62. The van der Waals surface area contributed by atoms with Crippen LogP contribution in [0.1, 0.15) is 33.3 Å².